The van der Waals surface area contributed by atoms with E-state index in [1.54, 1.807) is 0 Å². The van der Waals surface area contributed by atoms with E-state index in [0.29, 0.717) is 12.3 Å². The third kappa shape index (κ3) is 4.00. The van der Waals surface area contributed by atoms with Crippen molar-refractivity contribution in [3.05, 3.63) is 28.7 Å². The number of carbonyl (C=O) groups is 1. The molecule has 1 aliphatic carbocycles. The van der Waals surface area contributed by atoms with Crippen LogP contribution in [-0.2, 0) is 4.79 Å². The zero-order chi connectivity index (χ0) is 13.0. The predicted octanol–water partition coefficient (Wildman–Crippen LogP) is 2.57. The molecule has 0 aromatic heterocycles. The Kier molecular flexibility index (Phi) is 4.70. The minimum atomic E-state index is -0.643. The van der Waals surface area contributed by atoms with Crippen molar-refractivity contribution in [3.63, 3.8) is 0 Å². The van der Waals surface area contributed by atoms with Crippen molar-refractivity contribution in [2.75, 3.05) is 12.3 Å². The van der Waals surface area contributed by atoms with Crippen LogP contribution in [-0.4, -0.2) is 28.9 Å². The highest BCUT2D eigenvalue weighted by molar-refractivity contribution is 9.10. The maximum absolute atomic E-state index is 11.6. The van der Waals surface area contributed by atoms with E-state index in [-0.39, 0.29) is 5.91 Å². The molecule has 5 heteroatoms. The Bertz CT molecular complexity index is 435. The molecule has 1 aliphatic rings. The number of benzene rings is 1. The second kappa shape index (κ2) is 6.08. The summed E-state index contributed by atoms with van der Waals surface area (Å²) in [4.78, 5) is 12.7. The van der Waals surface area contributed by atoms with Crippen LogP contribution in [0, 0.1) is 0 Å². The Hall–Kier alpha value is -0.520. The Morgan fingerprint density at radius 1 is 1.50 bits per heavy atom. The van der Waals surface area contributed by atoms with Gasteiger partial charge in [-0.1, -0.05) is 22.0 Å². The third-order valence-corrected chi connectivity index (χ3v) is 4.55. The van der Waals surface area contributed by atoms with Crippen molar-refractivity contribution in [1.29, 1.82) is 0 Å². The highest BCUT2D eigenvalue weighted by Crippen LogP contribution is 2.30. The second-order valence-electron chi connectivity index (χ2n) is 4.60. The lowest BCUT2D eigenvalue weighted by atomic mass is 9.80. The lowest BCUT2D eigenvalue weighted by molar-refractivity contribution is -0.121. The minimum Gasteiger partial charge on any atom is -0.388 e. The Labute approximate surface area is 119 Å². The van der Waals surface area contributed by atoms with Crippen molar-refractivity contribution in [2.45, 2.75) is 29.8 Å². The summed E-state index contributed by atoms with van der Waals surface area (Å²) in [6.07, 6.45) is 2.65. The smallest absolute Gasteiger partial charge is 0.230 e. The van der Waals surface area contributed by atoms with Gasteiger partial charge in [-0.2, -0.15) is 0 Å². The molecule has 3 nitrogen and oxygen atoms in total. The zero-order valence-electron chi connectivity index (χ0n) is 9.99. The molecule has 0 bridgehead atoms. The molecule has 1 aromatic rings. The van der Waals surface area contributed by atoms with Crippen LogP contribution >= 0.6 is 27.7 Å². The van der Waals surface area contributed by atoms with Gasteiger partial charge in [-0.3, -0.25) is 4.79 Å². The van der Waals surface area contributed by atoms with Gasteiger partial charge in [-0.25, -0.2) is 0 Å². The quantitative estimate of drug-likeness (QED) is 0.816. The summed E-state index contributed by atoms with van der Waals surface area (Å²) in [6.45, 7) is 0.380. The first-order valence-corrected chi connectivity index (χ1v) is 7.73. The van der Waals surface area contributed by atoms with Gasteiger partial charge in [0.1, 0.15) is 0 Å². The maximum Gasteiger partial charge on any atom is 0.230 e. The van der Waals surface area contributed by atoms with E-state index in [1.165, 1.54) is 11.8 Å². The molecular weight excluding hydrogens is 314 g/mol. The van der Waals surface area contributed by atoms with Gasteiger partial charge in [0.05, 0.1) is 11.4 Å². The SMILES string of the molecule is O=C(CSc1cccc(Br)c1)NCC1(O)CCC1. The topological polar surface area (TPSA) is 49.3 Å². The number of aliphatic hydroxyl groups is 1. The van der Waals surface area contributed by atoms with Gasteiger partial charge >= 0.3 is 0 Å². The molecule has 0 radical (unpaired) electrons. The molecule has 1 amide bonds. The lowest BCUT2D eigenvalue weighted by Gasteiger charge is -2.36. The molecule has 2 rings (SSSR count). The van der Waals surface area contributed by atoms with Gasteiger partial charge in [-0.05, 0) is 37.5 Å². The molecule has 0 aliphatic heterocycles. The average molecular weight is 330 g/mol. The van der Waals surface area contributed by atoms with E-state index in [4.69, 9.17) is 0 Å². The van der Waals surface area contributed by atoms with Crippen LogP contribution in [0.5, 0.6) is 0 Å². The molecule has 0 heterocycles. The molecule has 1 saturated carbocycles. The Morgan fingerprint density at radius 3 is 2.89 bits per heavy atom. The van der Waals surface area contributed by atoms with Gasteiger partial charge in [0.25, 0.3) is 0 Å². The van der Waals surface area contributed by atoms with Gasteiger partial charge in [0, 0.05) is 15.9 Å². The van der Waals surface area contributed by atoms with Gasteiger partial charge in [0.15, 0.2) is 0 Å². The summed E-state index contributed by atoms with van der Waals surface area (Å²) < 4.78 is 1.01. The summed E-state index contributed by atoms with van der Waals surface area (Å²) >= 11 is 4.89. The van der Waals surface area contributed by atoms with Crippen molar-refractivity contribution < 1.29 is 9.90 Å². The number of nitrogens with one attached hydrogen (secondary N) is 1. The zero-order valence-corrected chi connectivity index (χ0v) is 12.4. The molecule has 2 N–H and O–H groups in total. The summed E-state index contributed by atoms with van der Waals surface area (Å²) in [7, 11) is 0. The highest BCUT2D eigenvalue weighted by Gasteiger charge is 2.34. The van der Waals surface area contributed by atoms with Crippen LogP contribution in [0.1, 0.15) is 19.3 Å². The largest absolute Gasteiger partial charge is 0.388 e. The number of rotatable bonds is 5. The monoisotopic (exact) mass is 329 g/mol. The molecule has 0 saturated heterocycles. The minimum absolute atomic E-state index is 0.0275. The number of halogens is 1. The van der Waals surface area contributed by atoms with Crippen LogP contribution < -0.4 is 5.32 Å². The van der Waals surface area contributed by atoms with Gasteiger partial charge < -0.3 is 10.4 Å². The predicted molar refractivity (Wildman–Crippen MR) is 76.7 cm³/mol. The first kappa shape index (κ1) is 13.9. The first-order valence-electron chi connectivity index (χ1n) is 5.95. The van der Waals surface area contributed by atoms with E-state index in [0.717, 1.165) is 28.6 Å². The first-order chi connectivity index (χ1) is 8.57. The van der Waals surface area contributed by atoms with Gasteiger partial charge in [-0.15, -0.1) is 11.8 Å². The highest BCUT2D eigenvalue weighted by atomic mass is 79.9. The molecule has 98 valence electrons. The maximum atomic E-state index is 11.6. The van der Waals surface area contributed by atoms with E-state index in [9.17, 15) is 9.90 Å². The standard InChI is InChI=1S/C13H16BrNO2S/c14-10-3-1-4-11(7-10)18-8-12(16)15-9-13(17)5-2-6-13/h1,3-4,7,17H,2,5-6,8-9H2,(H,15,16). The van der Waals surface area contributed by atoms with E-state index < -0.39 is 5.60 Å². The number of hydrogen-bond acceptors (Lipinski definition) is 3. The van der Waals surface area contributed by atoms with Crippen molar-refractivity contribution >= 4 is 33.6 Å². The summed E-state index contributed by atoms with van der Waals surface area (Å²) in [5.74, 6) is 0.354. The fourth-order valence-electron chi connectivity index (χ4n) is 1.78. The lowest BCUT2D eigenvalue weighted by Crippen LogP contribution is -2.48. The van der Waals surface area contributed by atoms with E-state index in [1.807, 2.05) is 24.3 Å². The van der Waals surface area contributed by atoms with Crippen LogP contribution in [0.15, 0.2) is 33.6 Å². The molecule has 0 unspecified atom stereocenters. The average Bonchev–Trinajstić information content (AvgIpc) is 2.31. The molecule has 0 spiro atoms. The van der Waals surface area contributed by atoms with Crippen molar-refractivity contribution in [1.82, 2.24) is 5.32 Å². The molecular formula is C13H16BrNO2S. The summed E-state index contributed by atoms with van der Waals surface area (Å²) in [5, 5.41) is 12.6. The van der Waals surface area contributed by atoms with Crippen LogP contribution in [0.4, 0.5) is 0 Å². The number of thioether (sulfide) groups is 1. The van der Waals surface area contributed by atoms with Crippen LogP contribution in [0.2, 0.25) is 0 Å². The number of hydrogen-bond donors (Lipinski definition) is 2. The van der Waals surface area contributed by atoms with E-state index in [2.05, 4.69) is 21.2 Å². The number of amides is 1. The third-order valence-electron chi connectivity index (χ3n) is 3.06. The van der Waals surface area contributed by atoms with Crippen molar-refractivity contribution in [2.24, 2.45) is 0 Å². The fraction of sp³-hybridized carbons (Fsp3) is 0.462. The van der Waals surface area contributed by atoms with Crippen molar-refractivity contribution in [3.8, 4) is 0 Å². The normalized spacial score (nSPS) is 17.0. The molecule has 18 heavy (non-hydrogen) atoms. The Morgan fingerprint density at radius 2 is 2.28 bits per heavy atom. The summed E-state index contributed by atoms with van der Waals surface area (Å²) in [6, 6.07) is 7.86. The number of carbonyl (C=O) groups excluding carboxylic acids is 1. The van der Waals surface area contributed by atoms with Crippen LogP contribution in [0.3, 0.4) is 0 Å². The van der Waals surface area contributed by atoms with Gasteiger partial charge in [0.2, 0.25) is 5.91 Å². The van der Waals surface area contributed by atoms with Crippen LogP contribution in [0.25, 0.3) is 0 Å². The molecule has 0 atom stereocenters. The molecule has 1 fully saturated rings. The fourth-order valence-corrected chi connectivity index (χ4v) is 3.12. The summed E-state index contributed by atoms with van der Waals surface area (Å²) in [5.41, 5.74) is -0.643. The molecule has 1 aromatic carbocycles. The second-order valence-corrected chi connectivity index (χ2v) is 6.57. The van der Waals surface area contributed by atoms with E-state index >= 15 is 0 Å². The Balaban J connectivity index is 1.71.